The molecule has 6 nitrogen and oxygen atoms in total. The first kappa shape index (κ1) is 15.0. The Balaban J connectivity index is 2.73. The minimum absolute atomic E-state index is 0.0407. The number of ether oxygens (including phenoxy) is 2. The average Bonchev–Trinajstić information content (AvgIpc) is 2.42. The van der Waals surface area contributed by atoms with Crippen LogP contribution in [0.5, 0.6) is 5.75 Å². The van der Waals surface area contributed by atoms with Crippen molar-refractivity contribution in [2.45, 2.75) is 13.0 Å². The number of rotatable bonds is 7. The van der Waals surface area contributed by atoms with E-state index >= 15 is 0 Å². The smallest absolute Gasteiger partial charge is 0.337 e. The molecule has 1 rings (SSSR count). The molecule has 0 fully saturated rings. The molecule has 19 heavy (non-hydrogen) atoms. The highest BCUT2D eigenvalue weighted by atomic mass is 16.5. The number of benzene rings is 1. The molecular formula is C13H17NO5. The monoisotopic (exact) mass is 267 g/mol. The molecule has 0 amide bonds. The van der Waals surface area contributed by atoms with E-state index < -0.39 is 11.9 Å². The molecular weight excluding hydrogens is 250 g/mol. The molecule has 0 heterocycles. The van der Waals surface area contributed by atoms with Gasteiger partial charge in [-0.3, -0.25) is 4.79 Å². The summed E-state index contributed by atoms with van der Waals surface area (Å²) < 4.78 is 9.83. The van der Waals surface area contributed by atoms with Gasteiger partial charge in [-0.05, 0) is 18.2 Å². The molecule has 0 aliphatic heterocycles. The fourth-order valence-electron chi connectivity index (χ4n) is 1.58. The Morgan fingerprint density at radius 3 is 2.63 bits per heavy atom. The van der Waals surface area contributed by atoms with Gasteiger partial charge in [0.05, 0.1) is 26.2 Å². The Morgan fingerprint density at radius 2 is 2.05 bits per heavy atom. The summed E-state index contributed by atoms with van der Waals surface area (Å²) in [5.74, 6) is -0.646. The fourth-order valence-corrected chi connectivity index (χ4v) is 1.58. The maximum atomic E-state index is 11.4. The van der Waals surface area contributed by atoms with Crippen molar-refractivity contribution in [3.05, 3.63) is 29.3 Å². The number of aliphatic carboxylic acids is 1. The van der Waals surface area contributed by atoms with E-state index in [1.807, 2.05) is 0 Å². The Hall–Kier alpha value is -2.08. The largest absolute Gasteiger partial charge is 0.496 e. The van der Waals surface area contributed by atoms with Gasteiger partial charge in [-0.25, -0.2) is 4.79 Å². The zero-order valence-corrected chi connectivity index (χ0v) is 10.9. The lowest BCUT2D eigenvalue weighted by Gasteiger charge is -2.10. The number of esters is 1. The van der Waals surface area contributed by atoms with E-state index in [0.29, 0.717) is 24.4 Å². The molecule has 104 valence electrons. The van der Waals surface area contributed by atoms with Crippen LogP contribution in [-0.4, -0.2) is 37.8 Å². The first-order valence-corrected chi connectivity index (χ1v) is 5.76. The zero-order valence-electron chi connectivity index (χ0n) is 10.9. The topological polar surface area (TPSA) is 84.9 Å². The molecule has 0 unspecified atom stereocenters. The third-order valence-corrected chi connectivity index (χ3v) is 2.53. The summed E-state index contributed by atoms with van der Waals surface area (Å²) in [5.41, 5.74) is 1.20. The normalized spacial score (nSPS) is 10.0. The number of hydrogen-bond donors (Lipinski definition) is 2. The van der Waals surface area contributed by atoms with Gasteiger partial charge in [0.2, 0.25) is 0 Å². The molecule has 1 aromatic carbocycles. The first-order chi connectivity index (χ1) is 9.08. The van der Waals surface area contributed by atoms with Gasteiger partial charge in [-0.15, -0.1) is 0 Å². The van der Waals surface area contributed by atoms with Crippen LogP contribution in [0.25, 0.3) is 0 Å². The van der Waals surface area contributed by atoms with Crippen molar-refractivity contribution in [3.63, 3.8) is 0 Å². The van der Waals surface area contributed by atoms with Crippen molar-refractivity contribution in [2.24, 2.45) is 0 Å². The van der Waals surface area contributed by atoms with Gasteiger partial charge in [-0.2, -0.15) is 0 Å². The first-order valence-electron chi connectivity index (χ1n) is 5.76. The number of carbonyl (C=O) groups excluding carboxylic acids is 1. The molecule has 0 radical (unpaired) electrons. The van der Waals surface area contributed by atoms with Crippen LogP contribution < -0.4 is 10.1 Å². The molecule has 0 aliphatic carbocycles. The third-order valence-electron chi connectivity index (χ3n) is 2.53. The summed E-state index contributed by atoms with van der Waals surface area (Å²) in [6.07, 6.45) is 0.0407. The number of carboxylic acids is 1. The minimum atomic E-state index is -0.859. The van der Waals surface area contributed by atoms with Crippen molar-refractivity contribution in [1.29, 1.82) is 0 Å². The maximum Gasteiger partial charge on any atom is 0.337 e. The Labute approximate surface area is 111 Å². The summed E-state index contributed by atoms with van der Waals surface area (Å²) in [4.78, 5) is 21.8. The van der Waals surface area contributed by atoms with Crippen molar-refractivity contribution < 1.29 is 24.2 Å². The SMILES string of the molecule is COC(=O)c1ccc(OC)c(CNCCC(=O)O)c1. The van der Waals surface area contributed by atoms with Gasteiger partial charge >= 0.3 is 11.9 Å². The second-order valence-electron chi connectivity index (χ2n) is 3.84. The number of carboxylic acid groups (broad SMARTS) is 1. The second-order valence-corrected chi connectivity index (χ2v) is 3.84. The predicted octanol–water partition coefficient (Wildman–Crippen LogP) is 1.05. The zero-order chi connectivity index (χ0) is 14.3. The lowest BCUT2D eigenvalue weighted by molar-refractivity contribution is -0.136. The van der Waals surface area contributed by atoms with Crippen LogP contribution >= 0.6 is 0 Å². The van der Waals surface area contributed by atoms with E-state index in [0.717, 1.165) is 5.56 Å². The number of hydrogen-bond acceptors (Lipinski definition) is 5. The van der Waals surface area contributed by atoms with Crippen molar-refractivity contribution in [1.82, 2.24) is 5.32 Å². The fraction of sp³-hybridized carbons (Fsp3) is 0.385. The molecule has 0 aliphatic rings. The summed E-state index contributed by atoms with van der Waals surface area (Å²) in [6, 6.07) is 4.96. The van der Waals surface area contributed by atoms with Crippen LogP contribution in [-0.2, 0) is 16.1 Å². The van der Waals surface area contributed by atoms with Gasteiger partial charge in [-0.1, -0.05) is 0 Å². The highest BCUT2D eigenvalue weighted by Crippen LogP contribution is 2.20. The highest BCUT2D eigenvalue weighted by Gasteiger charge is 2.10. The molecule has 6 heteroatoms. The maximum absolute atomic E-state index is 11.4. The lowest BCUT2D eigenvalue weighted by Crippen LogP contribution is -2.18. The Kier molecular flexibility index (Phi) is 5.81. The van der Waals surface area contributed by atoms with Crippen LogP contribution in [0.4, 0.5) is 0 Å². The lowest BCUT2D eigenvalue weighted by atomic mass is 10.1. The third kappa shape index (κ3) is 4.59. The van der Waals surface area contributed by atoms with Gasteiger partial charge < -0.3 is 19.9 Å². The van der Waals surface area contributed by atoms with E-state index in [-0.39, 0.29) is 6.42 Å². The summed E-state index contributed by atoms with van der Waals surface area (Å²) in [5, 5.41) is 11.5. The number of nitrogens with one attached hydrogen (secondary N) is 1. The van der Waals surface area contributed by atoms with Crippen LogP contribution in [0.1, 0.15) is 22.3 Å². The quantitative estimate of drug-likeness (QED) is 0.567. The summed E-state index contributed by atoms with van der Waals surface area (Å²) >= 11 is 0. The summed E-state index contributed by atoms with van der Waals surface area (Å²) in [7, 11) is 2.85. The Bertz CT molecular complexity index is 458. The molecule has 0 saturated heterocycles. The number of carbonyl (C=O) groups is 2. The molecule has 0 saturated carbocycles. The van der Waals surface area contributed by atoms with Crippen LogP contribution in [0, 0.1) is 0 Å². The highest BCUT2D eigenvalue weighted by molar-refractivity contribution is 5.89. The van der Waals surface area contributed by atoms with Crippen molar-refractivity contribution >= 4 is 11.9 Å². The molecule has 2 N–H and O–H groups in total. The predicted molar refractivity (Wildman–Crippen MR) is 68.3 cm³/mol. The van der Waals surface area contributed by atoms with Gasteiger partial charge in [0.15, 0.2) is 0 Å². The summed E-state index contributed by atoms with van der Waals surface area (Å²) in [6.45, 7) is 0.766. The van der Waals surface area contributed by atoms with E-state index in [2.05, 4.69) is 10.1 Å². The van der Waals surface area contributed by atoms with Gasteiger partial charge in [0, 0.05) is 18.7 Å². The van der Waals surface area contributed by atoms with Crippen LogP contribution in [0.2, 0.25) is 0 Å². The van der Waals surface area contributed by atoms with Crippen molar-refractivity contribution in [3.8, 4) is 5.75 Å². The van der Waals surface area contributed by atoms with E-state index in [9.17, 15) is 9.59 Å². The van der Waals surface area contributed by atoms with Crippen molar-refractivity contribution in [2.75, 3.05) is 20.8 Å². The number of methoxy groups -OCH3 is 2. The molecule has 0 spiro atoms. The van der Waals surface area contributed by atoms with Gasteiger partial charge in [0.25, 0.3) is 0 Å². The Morgan fingerprint density at radius 1 is 1.32 bits per heavy atom. The van der Waals surface area contributed by atoms with E-state index in [1.165, 1.54) is 14.2 Å². The van der Waals surface area contributed by atoms with E-state index in [4.69, 9.17) is 9.84 Å². The standard InChI is InChI=1S/C13H17NO5/c1-18-11-4-3-9(13(17)19-2)7-10(11)8-14-6-5-12(15)16/h3-4,7,14H,5-6,8H2,1-2H3,(H,15,16). The van der Waals surface area contributed by atoms with Crippen LogP contribution in [0.15, 0.2) is 18.2 Å². The molecule has 0 atom stereocenters. The second kappa shape index (κ2) is 7.38. The van der Waals surface area contributed by atoms with Gasteiger partial charge in [0.1, 0.15) is 5.75 Å². The molecule has 1 aromatic rings. The van der Waals surface area contributed by atoms with Crippen LogP contribution in [0.3, 0.4) is 0 Å². The average molecular weight is 267 g/mol. The minimum Gasteiger partial charge on any atom is -0.496 e. The molecule has 0 aromatic heterocycles. The van der Waals surface area contributed by atoms with E-state index in [1.54, 1.807) is 18.2 Å². The molecule has 0 bridgehead atoms.